The van der Waals surface area contributed by atoms with E-state index >= 15 is 0 Å². The van der Waals surface area contributed by atoms with Crippen LogP contribution in [0.15, 0.2) is 197 Å². The summed E-state index contributed by atoms with van der Waals surface area (Å²) >= 11 is 0. The standard InChI is InChI=1S/C50H31NO2/c1-2-11-32(12-3-1)34-21-24-37(25-22-34)51(38-26-23-33-13-4-5-15-36(33)31-38)43-28-27-42-49-46(30-29-45-48(49)41-18-8-9-20-44(41)52-45)53-50(42)47(43)40-19-10-16-35-14-6-7-17-39(35)40/h1-31H. The Labute approximate surface area is 305 Å². The molecular weight excluding hydrogens is 647 g/mol. The molecule has 0 radical (unpaired) electrons. The molecule has 0 bridgehead atoms. The Morgan fingerprint density at radius 1 is 0.358 bits per heavy atom. The third-order valence-corrected chi connectivity index (χ3v) is 10.6. The van der Waals surface area contributed by atoms with Crippen LogP contribution in [0.2, 0.25) is 0 Å². The maximum absolute atomic E-state index is 7.05. The van der Waals surface area contributed by atoms with Crippen LogP contribution in [-0.4, -0.2) is 0 Å². The molecule has 0 unspecified atom stereocenters. The summed E-state index contributed by atoms with van der Waals surface area (Å²) < 4.78 is 13.4. The van der Waals surface area contributed by atoms with Crippen molar-refractivity contribution >= 4 is 82.5 Å². The molecule has 0 saturated carbocycles. The van der Waals surface area contributed by atoms with Crippen LogP contribution in [0.5, 0.6) is 0 Å². The lowest BCUT2D eigenvalue weighted by atomic mass is 9.93. The minimum absolute atomic E-state index is 0.835. The molecule has 248 valence electrons. The van der Waals surface area contributed by atoms with Gasteiger partial charge in [0.05, 0.1) is 5.69 Å². The van der Waals surface area contributed by atoms with E-state index in [1.54, 1.807) is 0 Å². The minimum atomic E-state index is 0.835. The lowest BCUT2D eigenvalue weighted by Gasteiger charge is -2.29. The number of rotatable bonds is 5. The minimum Gasteiger partial charge on any atom is -0.456 e. The summed E-state index contributed by atoms with van der Waals surface area (Å²) in [4.78, 5) is 2.38. The van der Waals surface area contributed by atoms with Gasteiger partial charge in [-0.05, 0) is 92.8 Å². The van der Waals surface area contributed by atoms with Crippen LogP contribution in [0.25, 0.3) is 87.7 Å². The number of para-hydroxylation sites is 1. The van der Waals surface area contributed by atoms with Crippen molar-refractivity contribution in [2.75, 3.05) is 4.90 Å². The van der Waals surface area contributed by atoms with Crippen LogP contribution in [0.4, 0.5) is 17.1 Å². The van der Waals surface area contributed by atoms with Gasteiger partial charge >= 0.3 is 0 Å². The van der Waals surface area contributed by atoms with Crippen molar-refractivity contribution in [3.05, 3.63) is 188 Å². The molecule has 0 N–H and O–H groups in total. The molecule has 3 heteroatoms. The molecule has 0 amide bonds. The number of benzene rings is 9. The summed E-state index contributed by atoms with van der Waals surface area (Å²) in [6.45, 7) is 0. The molecule has 0 aliphatic rings. The highest BCUT2D eigenvalue weighted by atomic mass is 16.3. The van der Waals surface area contributed by atoms with Gasteiger partial charge in [-0.1, -0.05) is 133 Å². The Hall–Kier alpha value is -7.10. The highest BCUT2D eigenvalue weighted by molar-refractivity contribution is 6.28. The van der Waals surface area contributed by atoms with E-state index in [9.17, 15) is 0 Å². The van der Waals surface area contributed by atoms with Gasteiger partial charge in [-0.25, -0.2) is 0 Å². The normalized spacial score (nSPS) is 11.8. The van der Waals surface area contributed by atoms with Crippen LogP contribution in [0, 0.1) is 0 Å². The molecule has 0 fully saturated rings. The average Bonchev–Trinajstić information content (AvgIpc) is 3.79. The summed E-state index contributed by atoms with van der Waals surface area (Å²) in [6, 6.07) is 66.8. The first-order valence-electron chi connectivity index (χ1n) is 18.0. The quantitative estimate of drug-likeness (QED) is 0.182. The van der Waals surface area contributed by atoms with Crippen molar-refractivity contribution in [1.29, 1.82) is 0 Å². The van der Waals surface area contributed by atoms with Gasteiger partial charge in [0.2, 0.25) is 0 Å². The van der Waals surface area contributed by atoms with Gasteiger partial charge in [0, 0.05) is 38.5 Å². The van der Waals surface area contributed by atoms with Crippen LogP contribution in [0.1, 0.15) is 0 Å². The molecular formula is C50H31NO2. The number of nitrogens with zero attached hydrogens (tertiary/aromatic N) is 1. The highest BCUT2D eigenvalue weighted by Crippen LogP contribution is 2.50. The molecule has 9 aromatic carbocycles. The van der Waals surface area contributed by atoms with Crippen molar-refractivity contribution in [3.8, 4) is 22.3 Å². The van der Waals surface area contributed by atoms with Crippen LogP contribution < -0.4 is 4.90 Å². The van der Waals surface area contributed by atoms with Crippen LogP contribution >= 0.6 is 0 Å². The smallest absolute Gasteiger partial charge is 0.145 e. The van der Waals surface area contributed by atoms with E-state index in [0.29, 0.717) is 0 Å². The fourth-order valence-electron chi connectivity index (χ4n) is 8.20. The Morgan fingerprint density at radius 2 is 1.00 bits per heavy atom. The molecule has 3 nitrogen and oxygen atoms in total. The Balaban J connectivity index is 1.25. The monoisotopic (exact) mass is 677 g/mol. The topological polar surface area (TPSA) is 29.5 Å². The zero-order valence-corrected chi connectivity index (χ0v) is 28.7. The summed E-state index contributed by atoms with van der Waals surface area (Å²) in [5.41, 5.74) is 11.1. The largest absolute Gasteiger partial charge is 0.456 e. The molecule has 53 heavy (non-hydrogen) atoms. The third-order valence-electron chi connectivity index (χ3n) is 10.6. The van der Waals surface area contributed by atoms with Crippen LogP contribution in [0.3, 0.4) is 0 Å². The molecule has 0 atom stereocenters. The van der Waals surface area contributed by atoms with Gasteiger partial charge in [0.25, 0.3) is 0 Å². The van der Waals surface area contributed by atoms with Gasteiger partial charge in [0.15, 0.2) is 0 Å². The first-order valence-corrected chi connectivity index (χ1v) is 18.0. The number of fused-ring (bicyclic) bond motifs is 9. The summed E-state index contributed by atoms with van der Waals surface area (Å²) in [7, 11) is 0. The second-order valence-corrected chi connectivity index (χ2v) is 13.7. The van der Waals surface area contributed by atoms with Gasteiger partial charge in [-0.2, -0.15) is 0 Å². The lowest BCUT2D eigenvalue weighted by Crippen LogP contribution is -2.11. The summed E-state index contributed by atoms with van der Waals surface area (Å²) in [5.74, 6) is 0. The summed E-state index contributed by atoms with van der Waals surface area (Å²) in [6.07, 6.45) is 0. The van der Waals surface area contributed by atoms with E-state index in [1.807, 2.05) is 18.2 Å². The molecule has 2 heterocycles. The fourth-order valence-corrected chi connectivity index (χ4v) is 8.20. The van der Waals surface area contributed by atoms with Crippen LogP contribution in [-0.2, 0) is 0 Å². The highest BCUT2D eigenvalue weighted by Gasteiger charge is 2.25. The molecule has 0 aliphatic heterocycles. The maximum atomic E-state index is 7.05. The zero-order valence-electron chi connectivity index (χ0n) is 28.7. The van der Waals surface area contributed by atoms with E-state index in [4.69, 9.17) is 8.83 Å². The van der Waals surface area contributed by atoms with Crippen molar-refractivity contribution in [2.24, 2.45) is 0 Å². The first-order chi connectivity index (χ1) is 26.3. The zero-order chi connectivity index (χ0) is 34.9. The number of furan rings is 2. The number of hydrogen-bond donors (Lipinski definition) is 0. The third kappa shape index (κ3) is 4.68. The Bertz CT molecular complexity index is 3160. The van der Waals surface area contributed by atoms with Gasteiger partial charge in [-0.15, -0.1) is 0 Å². The second kappa shape index (κ2) is 11.7. The van der Waals surface area contributed by atoms with Gasteiger partial charge < -0.3 is 13.7 Å². The number of anilines is 3. The van der Waals surface area contributed by atoms with E-state index in [0.717, 1.165) is 72.1 Å². The predicted molar refractivity (Wildman–Crippen MR) is 222 cm³/mol. The SMILES string of the molecule is c1ccc(-c2ccc(N(c3ccc4ccccc4c3)c3ccc4c(oc5ccc6oc7ccccc7c6c54)c3-c3cccc4ccccc34)cc2)cc1. The first kappa shape index (κ1) is 29.6. The van der Waals surface area contributed by atoms with E-state index in [2.05, 4.69) is 175 Å². The fraction of sp³-hybridized carbons (Fsp3) is 0. The van der Waals surface area contributed by atoms with Crippen molar-refractivity contribution in [1.82, 2.24) is 0 Å². The Kier molecular flexibility index (Phi) is 6.55. The molecule has 11 rings (SSSR count). The average molecular weight is 678 g/mol. The molecule has 11 aromatic rings. The lowest BCUT2D eigenvalue weighted by molar-refractivity contribution is 0.663. The molecule has 2 aromatic heterocycles. The van der Waals surface area contributed by atoms with Crippen molar-refractivity contribution in [3.63, 3.8) is 0 Å². The Morgan fingerprint density at radius 3 is 1.85 bits per heavy atom. The van der Waals surface area contributed by atoms with Crippen molar-refractivity contribution < 1.29 is 8.83 Å². The maximum Gasteiger partial charge on any atom is 0.145 e. The molecule has 0 saturated heterocycles. The summed E-state index contributed by atoms with van der Waals surface area (Å²) in [5, 5.41) is 9.02. The van der Waals surface area contributed by atoms with Crippen molar-refractivity contribution in [2.45, 2.75) is 0 Å². The van der Waals surface area contributed by atoms with E-state index < -0.39 is 0 Å². The van der Waals surface area contributed by atoms with Gasteiger partial charge in [0.1, 0.15) is 22.3 Å². The molecule has 0 spiro atoms. The van der Waals surface area contributed by atoms with Gasteiger partial charge in [-0.3, -0.25) is 0 Å². The molecule has 0 aliphatic carbocycles. The van der Waals surface area contributed by atoms with E-state index in [-0.39, 0.29) is 0 Å². The van der Waals surface area contributed by atoms with E-state index in [1.165, 1.54) is 32.7 Å². The second-order valence-electron chi connectivity index (χ2n) is 13.7. The predicted octanol–water partition coefficient (Wildman–Crippen LogP) is 14.6. The number of hydrogen-bond acceptors (Lipinski definition) is 3.